The van der Waals surface area contributed by atoms with E-state index in [1.807, 2.05) is 4.90 Å². The van der Waals surface area contributed by atoms with E-state index in [-0.39, 0.29) is 24.4 Å². The number of nitrogens with zero attached hydrogens (tertiary/aromatic N) is 2. The largest absolute Gasteiger partial charge is 0.341 e. The molecule has 2 fully saturated rings. The molecule has 6 nitrogen and oxygen atoms in total. The summed E-state index contributed by atoms with van der Waals surface area (Å²) in [6.07, 6.45) is 3.95. The maximum Gasteiger partial charge on any atom is 0.242 e. The van der Waals surface area contributed by atoms with Gasteiger partial charge in [-0.1, -0.05) is 13.8 Å². The lowest BCUT2D eigenvalue weighted by atomic mass is 9.93. The van der Waals surface area contributed by atoms with Crippen LogP contribution >= 0.6 is 0 Å². The zero-order chi connectivity index (χ0) is 16.8. The van der Waals surface area contributed by atoms with Crippen molar-refractivity contribution in [2.75, 3.05) is 39.3 Å². The summed E-state index contributed by atoms with van der Waals surface area (Å²) in [5.74, 6) is 1.29. The van der Waals surface area contributed by atoms with E-state index >= 15 is 0 Å². The molecular formula is C17H32N4O2. The highest BCUT2D eigenvalue weighted by Crippen LogP contribution is 2.20. The predicted octanol–water partition coefficient (Wildman–Crippen LogP) is 0.420. The molecule has 23 heavy (non-hydrogen) atoms. The molecule has 2 aliphatic heterocycles. The Labute approximate surface area is 139 Å². The Morgan fingerprint density at radius 3 is 2.61 bits per heavy atom. The van der Waals surface area contributed by atoms with Gasteiger partial charge in [0.1, 0.15) is 0 Å². The molecule has 0 aliphatic carbocycles. The first kappa shape index (κ1) is 18.2. The molecule has 1 unspecified atom stereocenters. The van der Waals surface area contributed by atoms with Crippen molar-refractivity contribution in [1.82, 2.24) is 15.1 Å². The van der Waals surface area contributed by atoms with Crippen molar-refractivity contribution in [3.63, 3.8) is 0 Å². The number of carbonyl (C=O) groups is 2. The number of nitrogens with one attached hydrogen (secondary N) is 1. The van der Waals surface area contributed by atoms with Crippen molar-refractivity contribution >= 4 is 11.8 Å². The minimum atomic E-state index is -0.133. The predicted molar refractivity (Wildman–Crippen MR) is 90.8 cm³/mol. The van der Waals surface area contributed by atoms with Crippen molar-refractivity contribution in [1.29, 1.82) is 0 Å². The maximum atomic E-state index is 12.5. The van der Waals surface area contributed by atoms with E-state index in [2.05, 4.69) is 19.2 Å². The van der Waals surface area contributed by atoms with Gasteiger partial charge in [-0.2, -0.15) is 0 Å². The van der Waals surface area contributed by atoms with E-state index in [9.17, 15) is 9.59 Å². The summed E-state index contributed by atoms with van der Waals surface area (Å²) >= 11 is 0. The van der Waals surface area contributed by atoms with Crippen LogP contribution in [0.15, 0.2) is 0 Å². The van der Waals surface area contributed by atoms with E-state index in [1.54, 1.807) is 4.90 Å². The second-order valence-corrected chi connectivity index (χ2v) is 7.30. The molecule has 0 radical (unpaired) electrons. The van der Waals surface area contributed by atoms with Crippen LogP contribution in [0.25, 0.3) is 0 Å². The van der Waals surface area contributed by atoms with E-state index in [0.29, 0.717) is 18.4 Å². The average molecular weight is 324 g/mol. The molecule has 3 N–H and O–H groups in total. The van der Waals surface area contributed by atoms with Crippen molar-refractivity contribution < 1.29 is 9.59 Å². The lowest BCUT2D eigenvalue weighted by Gasteiger charge is -2.36. The summed E-state index contributed by atoms with van der Waals surface area (Å²) in [5.41, 5.74) is 5.61. The summed E-state index contributed by atoms with van der Waals surface area (Å²) in [6.45, 7) is 8.20. The van der Waals surface area contributed by atoms with Gasteiger partial charge in [0.15, 0.2) is 0 Å². The number of rotatable bonds is 6. The van der Waals surface area contributed by atoms with Gasteiger partial charge in [-0.25, -0.2) is 0 Å². The highest BCUT2D eigenvalue weighted by atomic mass is 16.2. The molecule has 0 spiro atoms. The summed E-state index contributed by atoms with van der Waals surface area (Å²) in [5, 5.41) is 3.27. The smallest absolute Gasteiger partial charge is 0.242 e. The first-order valence-corrected chi connectivity index (χ1v) is 9.01. The number of amides is 2. The molecule has 0 bridgehead atoms. The molecule has 0 saturated carbocycles. The van der Waals surface area contributed by atoms with E-state index in [0.717, 1.165) is 51.9 Å². The molecule has 132 valence electrons. The zero-order valence-corrected chi connectivity index (χ0v) is 14.6. The second-order valence-electron chi connectivity index (χ2n) is 7.30. The number of hydrogen-bond donors (Lipinski definition) is 2. The molecule has 2 heterocycles. The average Bonchev–Trinajstić information content (AvgIpc) is 2.52. The van der Waals surface area contributed by atoms with Crippen LogP contribution in [-0.4, -0.2) is 66.9 Å². The third-order valence-electron chi connectivity index (χ3n) is 4.96. The minimum Gasteiger partial charge on any atom is -0.341 e. The Morgan fingerprint density at radius 2 is 2.00 bits per heavy atom. The first-order valence-electron chi connectivity index (χ1n) is 9.01. The van der Waals surface area contributed by atoms with Crippen molar-refractivity contribution in [3.05, 3.63) is 0 Å². The Kier molecular flexibility index (Phi) is 6.84. The normalized spacial score (nSPS) is 23.7. The maximum absolute atomic E-state index is 12.5. The topological polar surface area (TPSA) is 78.7 Å². The fourth-order valence-electron chi connectivity index (χ4n) is 3.57. The Bertz CT molecular complexity index is 405. The summed E-state index contributed by atoms with van der Waals surface area (Å²) in [7, 11) is 0. The quantitative estimate of drug-likeness (QED) is 0.742. The Balaban J connectivity index is 1.81. The number of nitrogens with two attached hydrogens (primary N) is 1. The number of carbonyl (C=O) groups excluding carboxylic acids is 2. The van der Waals surface area contributed by atoms with Crippen LogP contribution in [-0.2, 0) is 9.59 Å². The van der Waals surface area contributed by atoms with Crippen molar-refractivity contribution in [3.8, 4) is 0 Å². The van der Waals surface area contributed by atoms with E-state index < -0.39 is 0 Å². The molecule has 2 rings (SSSR count). The molecular weight excluding hydrogens is 292 g/mol. The van der Waals surface area contributed by atoms with Gasteiger partial charge in [-0.05, 0) is 44.1 Å². The molecule has 2 saturated heterocycles. The SMILES string of the molecule is CC(C)CC1NCCN(CC(=O)N2CCC(CCN)CC2)C1=O. The fraction of sp³-hybridized carbons (Fsp3) is 0.882. The van der Waals surface area contributed by atoms with Crippen LogP contribution in [0.1, 0.15) is 39.5 Å². The lowest BCUT2D eigenvalue weighted by Crippen LogP contribution is -2.57. The van der Waals surface area contributed by atoms with Gasteiger partial charge in [0.25, 0.3) is 0 Å². The summed E-state index contributed by atoms with van der Waals surface area (Å²) < 4.78 is 0. The molecule has 1 atom stereocenters. The van der Waals surface area contributed by atoms with Crippen LogP contribution in [0.5, 0.6) is 0 Å². The summed E-state index contributed by atoms with van der Waals surface area (Å²) in [4.78, 5) is 28.6. The summed E-state index contributed by atoms with van der Waals surface area (Å²) in [6, 6.07) is -0.133. The van der Waals surface area contributed by atoms with Crippen LogP contribution in [0.4, 0.5) is 0 Å². The number of piperazine rings is 1. The van der Waals surface area contributed by atoms with E-state index in [1.165, 1.54) is 0 Å². The second kappa shape index (κ2) is 8.64. The molecule has 0 aromatic rings. The van der Waals surface area contributed by atoms with E-state index in [4.69, 9.17) is 5.73 Å². The third kappa shape index (κ3) is 5.18. The van der Waals surface area contributed by atoms with Crippen molar-refractivity contribution in [2.24, 2.45) is 17.6 Å². The molecule has 0 aromatic heterocycles. The minimum absolute atomic E-state index is 0.0799. The highest BCUT2D eigenvalue weighted by Gasteiger charge is 2.31. The molecule has 6 heteroatoms. The van der Waals surface area contributed by atoms with Crippen LogP contribution in [0.3, 0.4) is 0 Å². The van der Waals surface area contributed by atoms with Gasteiger partial charge in [-0.3, -0.25) is 9.59 Å². The fourth-order valence-corrected chi connectivity index (χ4v) is 3.57. The Hall–Kier alpha value is -1.14. The molecule has 2 amide bonds. The third-order valence-corrected chi connectivity index (χ3v) is 4.96. The highest BCUT2D eigenvalue weighted by molar-refractivity contribution is 5.88. The van der Waals surface area contributed by atoms with Crippen LogP contribution < -0.4 is 11.1 Å². The molecule has 2 aliphatic rings. The Morgan fingerprint density at radius 1 is 1.30 bits per heavy atom. The van der Waals surface area contributed by atoms with Gasteiger partial charge >= 0.3 is 0 Å². The number of piperidine rings is 1. The van der Waals surface area contributed by atoms with Gasteiger partial charge in [0.05, 0.1) is 12.6 Å². The monoisotopic (exact) mass is 324 g/mol. The van der Waals surface area contributed by atoms with Crippen LogP contribution in [0.2, 0.25) is 0 Å². The number of likely N-dealkylation sites (tertiary alicyclic amines) is 1. The van der Waals surface area contributed by atoms with Gasteiger partial charge in [-0.15, -0.1) is 0 Å². The van der Waals surface area contributed by atoms with Gasteiger partial charge < -0.3 is 20.9 Å². The lowest BCUT2D eigenvalue weighted by molar-refractivity contribution is -0.144. The van der Waals surface area contributed by atoms with Gasteiger partial charge in [0.2, 0.25) is 11.8 Å². The molecule has 0 aromatic carbocycles. The van der Waals surface area contributed by atoms with Gasteiger partial charge in [0, 0.05) is 26.2 Å². The van der Waals surface area contributed by atoms with Crippen molar-refractivity contribution in [2.45, 2.75) is 45.6 Å². The van der Waals surface area contributed by atoms with Crippen LogP contribution in [0, 0.1) is 11.8 Å². The number of hydrogen-bond acceptors (Lipinski definition) is 4. The first-order chi connectivity index (χ1) is 11.0. The zero-order valence-electron chi connectivity index (χ0n) is 14.6. The standard InChI is InChI=1S/C17H32N4O2/c1-13(2)11-15-17(23)21(10-7-19-15)12-16(22)20-8-4-14(3-6-18)5-9-20/h13-15,19H,3-12,18H2,1-2H3.